The minimum Gasteiger partial charge on any atom is -0.352 e. The van der Waals surface area contributed by atoms with Gasteiger partial charge in [0.2, 0.25) is 5.91 Å². The van der Waals surface area contributed by atoms with Crippen molar-refractivity contribution in [2.24, 2.45) is 0 Å². The highest BCUT2D eigenvalue weighted by molar-refractivity contribution is 7.12. The molecule has 0 spiro atoms. The molecule has 1 fully saturated rings. The van der Waals surface area contributed by atoms with Gasteiger partial charge in [0.25, 0.3) is 0 Å². The van der Waals surface area contributed by atoms with Gasteiger partial charge in [0.1, 0.15) is 0 Å². The fourth-order valence-electron chi connectivity index (χ4n) is 2.35. The summed E-state index contributed by atoms with van der Waals surface area (Å²) in [6.45, 7) is 5.74. The normalized spacial score (nSPS) is 17.6. The van der Waals surface area contributed by atoms with Crippen molar-refractivity contribution in [3.63, 3.8) is 0 Å². The average molecular weight is 317 g/mol. The smallest absolute Gasteiger partial charge is 0.220 e. The van der Waals surface area contributed by atoms with Crippen molar-refractivity contribution < 1.29 is 9.59 Å². The highest BCUT2D eigenvalue weighted by Crippen LogP contribution is 2.22. The lowest BCUT2D eigenvalue weighted by Gasteiger charge is -2.10. The van der Waals surface area contributed by atoms with Gasteiger partial charge in [-0.15, -0.1) is 23.7 Å². The zero-order valence-electron chi connectivity index (χ0n) is 11.8. The summed E-state index contributed by atoms with van der Waals surface area (Å²) in [6.07, 6.45) is 1.55. The van der Waals surface area contributed by atoms with E-state index in [1.807, 2.05) is 19.9 Å². The maximum atomic E-state index is 12.0. The van der Waals surface area contributed by atoms with Gasteiger partial charge in [-0.05, 0) is 32.9 Å². The number of aryl methyl sites for hydroxylation is 2. The first kappa shape index (κ1) is 17.1. The molecule has 0 radical (unpaired) electrons. The van der Waals surface area contributed by atoms with E-state index < -0.39 is 0 Å². The summed E-state index contributed by atoms with van der Waals surface area (Å²) in [5.74, 6) is 0.0493. The molecule has 0 aromatic carbocycles. The van der Waals surface area contributed by atoms with E-state index in [1.54, 1.807) is 11.3 Å². The van der Waals surface area contributed by atoms with E-state index in [9.17, 15) is 9.59 Å². The molecule has 0 bridgehead atoms. The molecule has 1 aliphatic rings. The van der Waals surface area contributed by atoms with Gasteiger partial charge in [0.15, 0.2) is 5.78 Å². The van der Waals surface area contributed by atoms with E-state index in [2.05, 4.69) is 10.6 Å². The molecule has 0 saturated carbocycles. The van der Waals surface area contributed by atoms with Crippen LogP contribution >= 0.6 is 23.7 Å². The quantitative estimate of drug-likeness (QED) is 0.819. The van der Waals surface area contributed by atoms with Gasteiger partial charge >= 0.3 is 0 Å². The summed E-state index contributed by atoms with van der Waals surface area (Å²) < 4.78 is 0. The van der Waals surface area contributed by atoms with Gasteiger partial charge in [0.05, 0.1) is 0 Å². The van der Waals surface area contributed by atoms with E-state index in [4.69, 9.17) is 0 Å². The van der Waals surface area contributed by atoms with Gasteiger partial charge in [0, 0.05) is 40.7 Å². The summed E-state index contributed by atoms with van der Waals surface area (Å²) in [7, 11) is 0. The molecule has 1 aromatic heterocycles. The molecule has 6 heteroatoms. The maximum Gasteiger partial charge on any atom is 0.220 e. The second-order valence-corrected chi connectivity index (χ2v) is 6.47. The molecule has 1 saturated heterocycles. The van der Waals surface area contributed by atoms with Crippen molar-refractivity contribution in [2.75, 3.05) is 13.1 Å². The molecule has 20 heavy (non-hydrogen) atoms. The molecule has 1 amide bonds. The molecule has 112 valence electrons. The van der Waals surface area contributed by atoms with Gasteiger partial charge in [-0.2, -0.15) is 0 Å². The van der Waals surface area contributed by atoms with E-state index in [-0.39, 0.29) is 36.6 Å². The van der Waals surface area contributed by atoms with Crippen molar-refractivity contribution in [1.29, 1.82) is 0 Å². The van der Waals surface area contributed by atoms with Crippen molar-refractivity contribution >= 4 is 35.4 Å². The number of hydrogen-bond acceptors (Lipinski definition) is 4. The van der Waals surface area contributed by atoms with Gasteiger partial charge in [-0.3, -0.25) is 9.59 Å². The molecule has 1 aliphatic heterocycles. The first-order valence-corrected chi connectivity index (χ1v) is 7.48. The Morgan fingerprint density at radius 3 is 2.70 bits per heavy atom. The third kappa shape index (κ3) is 4.58. The second-order valence-electron chi connectivity index (χ2n) is 5.01. The molecule has 2 rings (SSSR count). The fourth-order valence-corrected chi connectivity index (χ4v) is 3.29. The molecule has 1 atom stereocenters. The summed E-state index contributed by atoms with van der Waals surface area (Å²) in [6, 6.07) is 2.15. The predicted molar refractivity (Wildman–Crippen MR) is 84.0 cm³/mol. The monoisotopic (exact) mass is 316 g/mol. The summed E-state index contributed by atoms with van der Waals surface area (Å²) in [5.41, 5.74) is 0.776. The number of rotatable bonds is 5. The fraction of sp³-hybridized carbons (Fsp3) is 0.571. The number of hydrogen-bond donors (Lipinski definition) is 2. The van der Waals surface area contributed by atoms with Crippen LogP contribution in [0.25, 0.3) is 0 Å². The predicted octanol–water partition coefficient (Wildman–Crippen LogP) is 2.23. The van der Waals surface area contributed by atoms with Crippen LogP contribution in [0, 0.1) is 13.8 Å². The molecule has 2 N–H and O–H groups in total. The largest absolute Gasteiger partial charge is 0.352 e. The first-order chi connectivity index (χ1) is 9.06. The number of nitrogens with one attached hydrogen (secondary N) is 2. The number of Topliss-reactive ketones (excluding diaryl/α,β-unsaturated/α-hetero) is 1. The van der Waals surface area contributed by atoms with E-state index in [0.717, 1.165) is 34.8 Å². The van der Waals surface area contributed by atoms with Crippen molar-refractivity contribution in [3.8, 4) is 0 Å². The molecule has 4 nitrogen and oxygen atoms in total. The van der Waals surface area contributed by atoms with Crippen molar-refractivity contribution in [1.82, 2.24) is 10.6 Å². The molecule has 2 heterocycles. The van der Waals surface area contributed by atoms with Crippen LogP contribution in [0.4, 0.5) is 0 Å². The minimum atomic E-state index is -0.0216. The Morgan fingerprint density at radius 1 is 1.40 bits per heavy atom. The number of carbonyl (C=O) groups excluding carboxylic acids is 2. The Bertz CT molecular complexity index is 482. The number of ketones is 1. The maximum absolute atomic E-state index is 12.0. The lowest BCUT2D eigenvalue weighted by Crippen LogP contribution is -2.36. The molecular formula is C14H21ClN2O2S. The zero-order valence-corrected chi connectivity index (χ0v) is 13.5. The van der Waals surface area contributed by atoms with Crippen LogP contribution in [0.2, 0.25) is 0 Å². The second kappa shape index (κ2) is 7.76. The molecular weight excluding hydrogens is 296 g/mol. The van der Waals surface area contributed by atoms with Gasteiger partial charge in [-0.1, -0.05) is 0 Å². The summed E-state index contributed by atoms with van der Waals surface area (Å²) in [5, 5.41) is 6.15. The number of halogens is 1. The minimum absolute atomic E-state index is 0. The number of thiophene rings is 1. The average Bonchev–Trinajstić information content (AvgIpc) is 2.96. The van der Waals surface area contributed by atoms with Gasteiger partial charge in [-0.25, -0.2) is 0 Å². The SMILES string of the molecule is Cc1cc(C(=O)CCC(=O)NC2CCNC2)c(C)s1.Cl. The number of carbonyl (C=O) groups is 2. The third-order valence-electron chi connectivity index (χ3n) is 3.35. The lowest BCUT2D eigenvalue weighted by atomic mass is 10.1. The zero-order chi connectivity index (χ0) is 13.8. The van der Waals surface area contributed by atoms with Crippen LogP contribution in [0.3, 0.4) is 0 Å². The Kier molecular flexibility index (Phi) is 6.65. The van der Waals surface area contributed by atoms with E-state index >= 15 is 0 Å². The lowest BCUT2D eigenvalue weighted by molar-refractivity contribution is -0.121. The topological polar surface area (TPSA) is 58.2 Å². The number of amides is 1. The standard InChI is InChI=1S/C14H20N2O2S.ClH/c1-9-7-12(10(2)19-9)13(17)3-4-14(18)16-11-5-6-15-8-11;/h7,11,15H,3-6,8H2,1-2H3,(H,16,18);1H. The van der Waals surface area contributed by atoms with Crippen molar-refractivity contribution in [3.05, 3.63) is 21.4 Å². The van der Waals surface area contributed by atoms with Crippen molar-refractivity contribution in [2.45, 2.75) is 39.2 Å². The third-order valence-corrected chi connectivity index (χ3v) is 4.31. The van der Waals surface area contributed by atoms with Crippen LogP contribution in [0.5, 0.6) is 0 Å². The van der Waals surface area contributed by atoms with E-state index in [1.165, 1.54) is 0 Å². The highest BCUT2D eigenvalue weighted by atomic mass is 35.5. The van der Waals surface area contributed by atoms with Crippen LogP contribution in [0.1, 0.15) is 39.4 Å². The van der Waals surface area contributed by atoms with E-state index in [0.29, 0.717) is 6.42 Å². The van der Waals surface area contributed by atoms with Crippen LogP contribution in [-0.4, -0.2) is 30.8 Å². The summed E-state index contributed by atoms with van der Waals surface area (Å²) >= 11 is 1.63. The summed E-state index contributed by atoms with van der Waals surface area (Å²) in [4.78, 5) is 26.0. The Hall–Kier alpha value is -0.910. The Labute approximate surface area is 129 Å². The molecule has 0 aliphatic carbocycles. The Balaban J connectivity index is 0.00000200. The Morgan fingerprint density at radius 2 is 2.15 bits per heavy atom. The van der Waals surface area contributed by atoms with Gasteiger partial charge < -0.3 is 10.6 Å². The van der Waals surface area contributed by atoms with Crippen LogP contribution < -0.4 is 10.6 Å². The molecule has 1 aromatic rings. The highest BCUT2D eigenvalue weighted by Gasteiger charge is 2.18. The first-order valence-electron chi connectivity index (χ1n) is 6.66. The molecule has 1 unspecified atom stereocenters. The van der Waals surface area contributed by atoms with Crippen LogP contribution in [0.15, 0.2) is 6.07 Å². The van der Waals surface area contributed by atoms with Crippen LogP contribution in [-0.2, 0) is 4.79 Å².